The Morgan fingerprint density at radius 1 is 0.923 bits per heavy atom. The Morgan fingerprint density at radius 3 is 2.21 bits per heavy atom. The Kier molecular flexibility index (Phi) is 11.6. The largest absolute Gasteiger partial charge is 0.494 e. The molecule has 1 fully saturated rings. The molecular formula is C30H40FN3O5. The van der Waals surface area contributed by atoms with Crippen molar-refractivity contribution in [2.45, 2.75) is 70.3 Å². The summed E-state index contributed by atoms with van der Waals surface area (Å²) in [5, 5.41) is 2.64. The topological polar surface area (TPSA) is 112 Å². The highest BCUT2D eigenvalue weighted by atomic mass is 19.1. The Hall–Kier alpha value is -3.62. The third-order valence-corrected chi connectivity index (χ3v) is 7.18. The van der Waals surface area contributed by atoms with E-state index in [2.05, 4.69) is 10.3 Å². The lowest BCUT2D eigenvalue weighted by molar-refractivity contribution is -0.121. The van der Waals surface area contributed by atoms with Crippen LogP contribution in [0.5, 0.6) is 17.2 Å². The number of nitrogens with two attached hydrogens (primary N) is 1. The van der Waals surface area contributed by atoms with Crippen LogP contribution in [0.3, 0.4) is 0 Å². The van der Waals surface area contributed by atoms with Crippen molar-refractivity contribution < 1.29 is 28.2 Å². The van der Waals surface area contributed by atoms with Crippen molar-refractivity contribution in [2.75, 3.05) is 21.3 Å². The molecule has 0 aliphatic heterocycles. The average Bonchev–Trinajstić information content (AvgIpc) is 2.95. The van der Waals surface area contributed by atoms with E-state index in [9.17, 15) is 14.0 Å². The van der Waals surface area contributed by atoms with E-state index in [1.807, 2.05) is 12.1 Å². The Balaban J connectivity index is 1.62. The minimum atomic E-state index is -0.637. The molecule has 1 aliphatic rings. The molecule has 1 amide bonds. The van der Waals surface area contributed by atoms with Crippen molar-refractivity contribution in [3.8, 4) is 17.2 Å². The van der Waals surface area contributed by atoms with Gasteiger partial charge in [-0.05, 0) is 60.6 Å². The number of hydrogen-bond donors (Lipinski definition) is 2. The van der Waals surface area contributed by atoms with Crippen LogP contribution in [0.2, 0.25) is 0 Å². The van der Waals surface area contributed by atoms with Crippen molar-refractivity contribution >= 4 is 17.6 Å². The number of ketones is 1. The number of carbonyl (C=O) groups excluding carboxylic acids is 2. The van der Waals surface area contributed by atoms with Crippen molar-refractivity contribution in [3.63, 3.8) is 0 Å². The van der Waals surface area contributed by atoms with E-state index < -0.39 is 11.9 Å². The fraction of sp³-hybridized carbons (Fsp3) is 0.500. The van der Waals surface area contributed by atoms with Gasteiger partial charge >= 0.3 is 0 Å². The first-order valence-corrected chi connectivity index (χ1v) is 13.5. The second-order valence-electron chi connectivity index (χ2n) is 9.94. The summed E-state index contributed by atoms with van der Waals surface area (Å²) in [5.74, 6) is 0.938. The third kappa shape index (κ3) is 9.26. The second kappa shape index (κ2) is 15.1. The average molecular weight is 542 g/mol. The lowest BCUT2D eigenvalue weighted by Gasteiger charge is -2.24. The second-order valence-corrected chi connectivity index (χ2v) is 9.94. The van der Waals surface area contributed by atoms with Gasteiger partial charge in [0, 0.05) is 12.8 Å². The van der Waals surface area contributed by atoms with Crippen molar-refractivity contribution in [3.05, 3.63) is 53.3 Å². The number of halogens is 1. The molecule has 3 N–H and O–H groups in total. The maximum Gasteiger partial charge on any atom is 0.226 e. The van der Waals surface area contributed by atoms with Crippen molar-refractivity contribution in [1.29, 1.82) is 0 Å². The van der Waals surface area contributed by atoms with Gasteiger partial charge in [0.05, 0.1) is 21.3 Å². The van der Waals surface area contributed by atoms with E-state index in [-0.39, 0.29) is 36.2 Å². The highest BCUT2D eigenvalue weighted by Crippen LogP contribution is 2.29. The van der Waals surface area contributed by atoms with Gasteiger partial charge in [-0.3, -0.25) is 14.9 Å². The number of nitrogens with one attached hydrogen (secondary N) is 1. The lowest BCUT2D eigenvalue weighted by atomic mass is 9.83. The van der Waals surface area contributed by atoms with Gasteiger partial charge in [0.15, 0.2) is 34.8 Å². The minimum absolute atomic E-state index is 0.0496. The van der Waals surface area contributed by atoms with Gasteiger partial charge in [-0.25, -0.2) is 9.38 Å². The molecule has 8 nitrogen and oxygen atoms in total. The molecule has 0 heterocycles. The van der Waals surface area contributed by atoms with Crippen LogP contribution in [-0.2, 0) is 22.4 Å². The van der Waals surface area contributed by atoms with Crippen LogP contribution in [-0.4, -0.2) is 45.0 Å². The number of aryl methyl sites for hydroxylation is 2. The molecule has 212 valence electrons. The summed E-state index contributed by atoms with van der Waals surface area (Å²) in [4.78, 5) is 30.3. The zero-order valence-corrected chi connectivity index (χ0v) is 23.1. The molecule has 1 atom stereocenters. The van der Waals surface area contributed by atoms with Crippen LogP contribution in [0, 0.1) is 11.7 Å². The predicted molar refractivity (Wildman–Crippen MR) is 149 cm³/mol. The molecule has 0 unspecified atom stereocenters. The zero-order chi connectivity index (χ0) is 28.2. The van der Waals surface area contributed by atoms with Crippen LogP contribution in [0.15, 0.2) is 41.4 Å². The molecule has 1 aliphatic carbocycles. The van der Waals surface area contributed by atoms with E-state index in [1.54, 1.807) is 32.4 Å². The van der Waals surface area contributed by atoms with E-state index >= 15 is 0 Å². The third-order valence-electron chi connectivity index (χ3n) is 7.18. The SMILES string of the molecule is COc1cc(CCC(=O)[C@@H](CC2CCCCC2)N=C(N)NC(=O)CCc2ccc(OC)c(OC)c2)ccc1F. The summed E-state index contributed by atoms with van der Waals surface area (Å²) in [6.45, 7) is 0. The fourth-order valence-corrected chi connectivity index (χ4v) is 4.99. The van der Waals surface area contributed by atoms with Gasteiger partial charge in [-0.2, -0.15) is 0 Å². The molecule has 0 bridgehead atoms. The number of nitrogens with zero attached hydrogens (tertiary/aromatic N) is 1. The van der Waals surface area contributed by atoms with Gasteiger partial charge in [0.1, 0.15) is 6.04 Å². The van der Waals surface area contributed by atoms with Gasteiger partial charge in [-0.1, -0.05) is 44.2 Å². The van der Waals surface area contributed by atoms with Crippen LogP contribution < -0.4 is 25.3 Å². The zero-order valence-electron chi connectivity index (χ0n) is 23.1. The molecule has 3 rings (SSSR count). The summed E-state index contributed by atoms with van der Waals surface area (Å²) in [6, 6.07) is 9.46. The summed E-state index contributed by atoms with van der Waals surface area (Å²) in [5.41, 5.74) is 7.83. The number of methoxy groups -OCH3 is 3. The Bertz CT molecular complexity index is 1150. The number of hydrogen-bond acceptors (Lipinski definition) is 6. The fourth-order valence-electron chi connectivity index (χ4n) is 4.99. The molecular weight excluding hydrogens is 501 g/mol. The number of Topliss-reactive ketones (excluding diaryl/α,β-unsaturated/α-hetero) is 1. The molecule has 9 heteroatoms. The summed E-state index contributed by atoms with van der Waals surface area (Å²) in [6.07, 6.45) is 7.57. The molecule has 1 saturated carbocycles. The quantitative estimate of drug-likeness (QED) is 0.279. The van der Waals surface area contributed by atoms with Gasteiger partial charge < -0.3 is 19.9 Å². The molecule has 0 radical (unpaired) electrons. The standard InChI is InChI=1S/C30H40FN3O5/c1-37-26-15-11-22(19-28(26)39-3)12-16-29(36)34-30(32)33-24(17-20-7-5-4-6-8-20)25(35)14-10-21-9-13-23(31)27(18-21)38-2/h9,11,13,15,18-20,24H,4-8,10,12,14,16-17H2,1-3H3,(H3,32,33,34,36)/t24-/m1/s1. The van der Waals surface area contributed by atoms with Crippen molar-refractivity contribution in [1.82, 2.24) is 5.32 Å². The van der Waals surface area contributed by atoms with E-state index in [0.29, 0.717) is 36.7 Å². The van der Waals surface area contributed by atoms with Crippen LogP contribution in [0.25, 0.3) is 0 Å². The number of rotatable bonds is 13. The molecule has 2 aromatic carbocycles. The van der Waals surface area contributed by atoms with Crippen LogP contribution >= 0.6 is 0 Å². The number of guanidine groups is 1. The first-order valence-electron chi connectivity index (χ1n) is 13.5. The summed E-state index contributed by atoms with van der Waals surface area (Å²) < 4.78 is 29.4. The molecule has 0 saturated heterocycles. The number of amides is 1. The van der Waals surface area contributed by atoms with E-state index in [0.717, 1.165) is 36.8 Å². The van der Waals surface area contributed by atoms with E-state index in [1.165, 1.54) is 19.6 Å². The number of aliphatic imine (C=N–C) groups is 1. The maximum atomic E-state index is 13.8. The summed E-state index contributed by atoms with van der Waals surface area (Å²) in [7, 11) is 4.54. The smallest absolute Gasteiger partial charge is 0.226 e. The normalized spacial score (nSPS) is 14.9. The number of carbonyl (C=O) groups is 2. The first kappa shape index (κ1) is 29.9. The molecule has 0 aromatic heterocycles. The monoisotopic (exact) mass is 541 g/mol. The summed E-state index contributed by atoms with van der Waals surface area (Å²) >= 11 is 0. The molecule has 2 aromatic rings. The van der Waals surface area contributed by atoms with Crippen LogP contribution in [0.1, 0.15) is 62.5 Å². The van der Waals surface area contributed by atoms with Gasteiger partial charge in [0.2, 0.25) is 5.91 Å². The molecule has 0 spiro atoms. The number of benzene rings is 2. The number of ether oxygens (including phenoxy) is 3. The highest BCUT2D eigenvalue weighted by molar-refractivity contribution is 5.97. The highest BCUT2D eigenvalue weighted by Gasteiger charge is 2.24. The van der Waals surface area contributed by atoms with Crippen LogP contribution in [0.4, 0.5) is 4.39 Å². The Labute approximate surface area is 230 Å². The van der Waals surface area contributed by atoms with Gasteiger partial charge in [-0.15, -0.1) is 0 Å². The lowest BCUT2D eigenvalue weighted by Crippen LogP contribution is -2.39. The minimum Gasteiger partial charge on any atom is -0.494 e. The first-order chi connectivity index (χ1) is 18.8. The Morgan fingerprint density at radius 2 is 1.54 bits per heavy atom. The predicted octanol–water partition coefficient (Wildman–Crippen LogP) is 4.76. The molecule has 39 heavy (non-hydrogen) atoms. The van der Waals surface area contributed by atoms with Crippen molar-refractivity contribution in [2.24, 2.45) is 16.6 Å². The van der Waals surface area contributed by atoms with Gasteiger partial charge in [0.25, 0.3) is 0 Å². The maximum absolute atomic E-state index is 13.8. The van der Waals surface area contributed by atoms with E-state index in [4.69, 9.17) is 19.9 Å².